The first-order valence-electron chi connectivity index (χ1n) is 11.8. The predicted octanol–water partition coefficient (Wildman–Crippen LogP) is 6.68. The number of aromatic carboxylic acids is 1. The number of carbonyl (C=O) groups is 1. The van der Waals surface area contributed by atoms with Gasteiger partial charge in [-0.15, -0.1) is 11.3 Å². The Hall–Kier alpha value is -3.41. The molecule has 0 atom stereocenters. The zero-order valence-electron chi connectivity index (χ0n) is 20.6. The van der Waals surface area contributed by atoms with E-state index in [0.717, 1.165) is 42.4 Å². The molecule has 0 spiro atoms. The topological polar surface area (TPSA) is 128 Å². The summed E-state index contributed by atoms with van der Waals surface area (Å²) in [5.74, 6) is -2.32. The van der Waals surface area contributed by atoms with Crippen molar-refractivity contribution in [3.05, 3.63) is 76.2 Å². The van der Waals surface area contributed by atoms with Crippen LogP contribution in [-0.4, -0.2) is 34.3 Å². The molecule has 2 aromatic heterocycles. The second-order valence-corrected chi connectivity index (χ2v) is 14.4. The van der Waals surface area contributed by atoms with Crippen molar-refractivity contribution in [1.82, 2.24) is 14.8 Å². The summed E-state index contributed by atoms with van der Waals surface area (Å²) in [5.41, 5.74) is 0.130. The van der Waals surface area contributed by atoms with E-state index in [2.05, 4.69) is 10.1 Å². The Kier molecular flexibility index (Phi) is 6.42. The highest BCUT2D eigenvalue weighted by molar-refractivity contribution is 8.45. The summed E-state index contributed by atoms with van der Waals surface area (Å²) in [5, 5.41) is 20.1. The van der Waals surface area contributed by atoms with Crippen LogP contribution < -0.4 is 5.14 Å². The summed E-state index contributed by atoms with van der Waals surface area (Å²) in [6, 6.07) is 5.64. The van der Waals surface area contributed by atoms with Crippen LogP contribution in [0, 0.1) is 11.7 Å². The van der Waals surface area contributed by atoms with Gasteiger partial charge in [-0.3, -0.25) is 0 Å². The van der Waals surface area contributed by atoms with Crippen LogP contribution in [0.15, 0.2) is 57.6 Å². The molecule has 3 N–H and O–H groups in total. The average Bonchev–Trinajstić information content (AvgIpc) is 3.39. The van der Waals surface area contributed by atoms with Crippen molar-refractivity contribution in [1.29, 1.82) is 0 Å². The van der Waals surface area contributed by atoms with E-state index in [9.17, 15) is 42.1 Å². The fourth-order valence-corrected chi connectivity index (χ4v) is 6.34. The molecule has 2 heterocycles. The number of carboxylic acids is 1. The van der Waals surface area contributed by atoms with Crippen LogP contribution in [-0.2, 0) is 22.9 Å². The van der Waals surface area contributed by atoms with Crippen molar-refractivity contribution in [2.45, 2.75) is 35.5 Å². The van der Waals surface area contributed by atoms with Crippen molar-refractivity contribution in [2.75, 3.05) is 0 Å². The highest BCUT2D eigenvalue weighted by Crippen LogP contribution is 3.02. The molecule has 5 rings (SSSR count). The van der Waals surface area contributed by atoms with Gasteiger partial charge < -0.3 is 5.11 Å². The summed E-state index contributed by atoms with van der Waals surface area (Å²) >= 11 is 0.903. The second-order valence-electron chi connectivity index (χ2n) is 9.64. The SMILES string of the molecule is NS(=O)(=O)c1ccc(Cc2c(-c3cccc(S(F)(F)(F)(F)F)c3)nn(-c3nc(C(=O)O)cs3)c2CC2CC2)cc1F. The van der Waals surface area contributed by atoms with E-state index in [4.69, 9.17) is 5.14 Å². The van der Waals surface area contributed by atoms with Crippen LogP contribution >= 0.6 is 21.6 Å². The van der Waals surface area contributed by atoms with Gasteiger partial charge in [0.25, 0.3) is 0 Å². The van der Waals surface area contributed by atoms with Crippen LogP contribution in [0.1, 0.15) is 40.2 Å². The number of aromatic nitrogens is 3. The lowest BCUT2D eigenvalue weighted by Gasteiger charge is -2.40. The number of nitrogens with two attached hydrogens (primary N) is 1. The van der Waals surface area contributed by atoms with E-state index in [1.54, 1.807) is 0 Å². The number of benzene rings is 2. The summed E-state index contributed by atoms with van der Waals surface area (Å²) < 4.78 is 108. The fourth-order valence-electron chi connectivity index (χ4n) is 4.30. The van der Waals surface area contributed by atoms with Crippen LogP contribution in [0.2, 0.25) is 0 Å². The van der Waals surface area contributed by atoms with Crippen molar-refractivity contribution in [2.24, 2.45) is 11.1 Å². The molecule has 1 aliphatic rings. The minimum atomic E-state index is -10.1. The number of hydrogen-bond acceptors (Lipinski definition) is 6. The van der Waals surface area contributed by atoms with Gasteiger partial charge in [-0.25, -0.2) is 32.4 Å². The fraction of sp³-hybridized carbons (Fsp3) is 0.208. The van der Waals surface area contributed by atoms with E-state index in [-0.39, 0.29) is 57.7 Å². The third kappa shape index (κ3) is 6.27. The zero-order valence-corrected chi connectivity index (χ0v) is 23.1. The Morgan fingerprint density at radius 3 is 2.39 bits per heavy atom. The van der Waals surface area contributed by atoms with E-state index >= 15 is 0 Å². The van der Waals surface area contributed by atoms with E-state index in [1.165, 1.54) is 22.2 Å². The largest absolute Gasteiger partial charge is 0.476 e. The summed E-state index contributed by atoms with van der Waals surface area (Å²) in [6.45, 7) is 0. The normalized spacial score (nSPS) is 15.9. The van der Waals surface area contributed by atoms with Gasteiger partial charge in [0.05, 0.1) is 11.4 Å². The summed E-state index contributed by atoms with van der Waals surface area (Å²) in [7, 11) is -14.4. The van der Waals surface area contributed by atoms with Crippen LogP contribution in [0.3, 0.4) is 0 Å². The molecular formula is C24H20F6N4O4S3. The molecule has 0 unspecified atom stereocenters. The molecule has 220 valence electrons. The number of nitrogens with zero attached hydrogens (tertiary/aromatic N) is 3. The maximum Gasteiger partial charge on any atom is 0.355 e. The number of halogens is 6. The molecular weight excluding hydrogens is 618 g/mol. The number of thiazole rings is 1. The second kappa shape index (κ2) is 9.04. The molecule has 0 amide bonds. The molecule has 8 nitrogen and oxygen atoms in total. The Bertz CT molecular complexity index is 1820. The highest BCUT2D eigenvalue weighted by atomic mass is 32.5. The van der Waals surface area contributed by atoms with Crippen molar-refractivity contribution < 1.29 is 42.1 Å². The van der Waals surface area contributed by atoms with Gasteiger partial charge in [0, 0.05) is 22.9 Å². The lowest BCUT2D eigenvalue weighted by Crippen LogP contribution is -2.14. The quantitative estimate of drug-likeness (QED) is 0.197. The van der Waals surface area contributed by atoms with Crippen LogP contribution in [0.4, 0.5) is 23.8 Å². The van der Waals surface area contributed by atoms with Gasteiger partial charge >= 0.3 is 16.2 Å². The van der Waals surface area contributed by atoms with E-state index < -0.39 is 41.8 Å². The molecule has 0 radical (unpaired) electrons. The third-order valence-electron chi connectivity index (χ3n) is 6.40. The van der Waals surface area contributed by atoms with Gasteiger partial charge in [-0.1, -0.05) is 37.6 Å². The molecule has 0 aliphatic heterocycles. The molecule has 17 heteroatoms. The lowest BCUT2D eigenvalue weighted by molar-refractivity contribution is 0.0691. The first-order chi connectivity index (χ1) is 18.8. The van der Waals surface area contributed by atoms with Crippen molar-refractivity contribution >= 4 is 37.6 Å². The molecule has 1 fully saturated rings. The zero-order chi connectivity index (χ0) is 30.0. The number of sulfonamides is 1. The third-order valence-corrected chi connectivity index (χ3v) is 9.30. The predicted molar refractivity (Wildman–Crippen MR) is 140 cm³/mol. The molecule has 41 heavy (non-hydrogen) atoms. The van der Waals surface area contributed by atoms with Gasteiger partial charge in [0.15, 0.2) is 5.69 Å². The lowest BCUT2D eigenvalue weighted by atomic mass is 9.97. The number of hydrogen-bond donors (Lipinski definition) is 2. The maximum absolute atomic E-state index is 14.7. The first kappa shape index (κ1) is 29.1. The molecule has 2 aromatic carbocycles. The summed E-state index contributed by atoms with van der Waals surface area (Å²) in [6.07, 6.45) is 1.81. The van der Waals surface area contributed by atoms with Gasteiger partial charge in [-0.05, 0) is 55.0 Å². The Balaban J connectivity index is 1.73. The molecule has 0 bridgehead atoms. The minimum absolute atomic E-state index is 0.0742. The number of carboxylic acid groups (broad SMARTS) is 1. The number of primary sulfonamides is 1. The molecule has 0 saturated heterocycles. The van der Waals surface area contributed by atoms with Gasteiger partial charge in [0.1, 0.15) is 15.6 Å². The smallest absolute Gasteiger partial charge is 0.355 e. The van der Waals surface area contributed by atoms with Gasteiger partial charge in [-0.2, -0.15) is 5.10 Å². The summed E-state index contributed by atoms with van der Waals surface area (Å²) in [4.78, 5) is 12.6. The monoisotopic (exact) mass is 638 g/mol. The number of rotatable bonds is 9. The van der Waals surface area contributed by atoms with E-state index in [1.807, 2.05) is 0 Å². The molecule has 1 aliphatic carbocycles. The first-order valence-corrected chi connectivity index (χ1v) is 16.1. The van der Waals surface area contributed by atoms with Crippen molar-refractivity contribution in [3.8, 4) is 16.4 Å². The Labute approximate surface area is 233 Å². The average molecular weight is 639 g/mol. The standard InChI is InChI=1S/C24H20F6N4O4S3/c25-18-9-14(6-7-21(18)40(31,37)38)8-17-20(10-13-4-5-13)34(24-32-19(12-39-24)23(35)36)33-22(17)15-2-1-3-16(11-15)41(26,27,28,29)30/h1-3,6-7,9,11-13H,4-5,8,10H2,(H,35,36)(H2,31,37,38). The van der Waals surface area contributed by atoms with Crippen LogP contribution in [0.25, 0.3) is 16.4 Å². The highest BCUT2D eigenvalue weighted by Gasteiger charge is 2.65. The molecule has 1 saturated carbocycles. The Morgan fingerprint density at radius 1 is 1.12 bits per heavy atom. The van der Waals surface area contributed by atoms with Crippen LogP contribution in [0.5, 0.6) is 0 Å². The van der Waals surface area contributed by atoms with Crippen molar-refractivity contribution in [3.63, 3.8) is 0 Å². The Morgan fingerprint density at radius 2 is 1.83 bits per heavy atom. The van der Waals surface area contributed by atoms with E-state index in [0.29, 0.717) is 12.1 Å². The minimum Gasteiger partial charge on any atom is -0.476 e. The van der Waals surface area contributed by atoms with Gasteiger partial charge in [0.2, 0.25) is 15.2 Å². The maximum atomic E-state index is 14.7. The molecule has 4 aromatic rings.